The number of phosphoric ester groups is 1. The largest absolute Gasteiger partial charge is 0.484 e. The van der Waals surface area contributed by atoms with Crippen LogP contribution in [-0.4, -0.2) is 17.2 Å². The second kappa shape index (κ2) is 3.29. The van der Waals surface area contributed by atoms with Gasteiger partial charge in [-0.05, 0) is 12.3 Å². The Kier molecular flexibility index (Phi) is 2.48. The molecule has 0 spiro atoms. The number of hydrogen-bond donors (Lipinski definition) is 1. The number of fused-ring (bicyclic) bond motifs is 1. The molecule has 3 aliphatic rings. The van der Waals surface area contributed by atoms with Crippen molar-refractivity contribution >= 4 is 7.82 Å². The van der Waals surface area contributed by atoms with Gasteiger partial charge in [0.15, 0.2) is 6.10 Å². The Hall–Kier alpha value is 0.0700. The lowest BCUT2D eigenvalue weighted by Gasteiger charge is -2.29. The first-order valence-corrected chi connectivity index (χ1v) is 6.32. The molecule has 0 aromatic carbocycles. The lowest BCUT2D eigenvalue weighted by atomic mass is 10.0. The molecule has 1 N–H and O–H groups in total. The Morgan fingerprint density at radius 1 is 1.50 bits per heavy atom. The Labute approximate surface area is 83.0 Å². The monoisotopic (exact) mass is 222 g/mol. The summed E-state index contributed by atoms with van der Waals surface area (Å²) in [6, 6.07) is 0. The molecule has 0 saturated carbocycles. The van der Waals surface area contributed by atoms with Gasteiger partial charge in [-0.25, -0.2) is 13.6 Å². The van der Waals surface area contributed by atoms with Gasteiger partial charge in [0.05, 0.1) is 0 Å². The molecule has 2 bridgehead atoms. The van der Waals surface area contributed by atoms with Gasteiger partial charge in [-0.1, -0.05) is 26.7 Å². The molecule has 0 aromatic heterocycles. The summed E-state index contributed by atoms with van der Waals surface area (Å²) in [5.41, 5.74) is 0. The van der Waals surface area contributed by atoms with E-state index in [9.17, 15) is 9.67 Å². The van der Waals surface area contributed by atoms with Crippen molar-refractivity contribution < 1.29 is 23.2 Å². The van der Waals surface area contributed by atoms with Crippen molar-refractivity contribution in [3.05, 3.63) is 0 Å². The predicted octanol–water partition coefficient (Wildman–Crippen LogP) is 2.01. The van der Waals surface area contributed by atoms with Gasteiger partial charge in [-0.2, -0.15) is 0 Å². The fourth-order valence-corrected chi connectivity index (χ4v) is 3.18. The molecule has 1 unspecified atom stereocenters. The van der Waals surface area contributed by atoms with Crippen molar-refractivity contribution in [3.63, 3.8) is 0 Å². The first-order chi connectivity index (χ1) is 6.44. The molecule has 0 aliphatic carbocycles. The maximum Gasteiger partial charge on any atom is 0.484 e. The van der Waals surface area contributed by atoms with Gasteiger partial charge >= 0.3 is 13.8 Å². The molecule has 0 amide bonds. The van der Waals surface area contributed by atoms with E-state index in [0.29, 0.717) is 12.3 Å². The highest BCUT2D eigenvalue weighted by Gasteiger charge is 2.70. The van der Waals surface area contributed by atoms with Crippen molar-refractivity contribution in [3.8, 4) is 0 Å². The number of rotatable bonds is 4. The van der Waals surface area contributed by atoms with E-state index in [-0.39, 0.29) is 0 Å². The molecule has 82 valence electrons. The molecular formula is C8H15O5P. The Morgan fingerprint density at radius 2 is 2.14 bits per heavy atom. The summed E-state index contributed by atoms with van der Waals surface area (Å²) < 4.78 is 25.5. The van der Waals surface area contributed by atoms with Gasteiger partial charge in [0.1, 0.15) is 0 Å². The molecule has 3 fully saturated rings. The smallest absolute Gasteiger partial charge is 0.341 e. The van der Waals surface area contributed by atoms with E-state index in [1.54, 1.807) is 0 Å². The van der Waals surface area contributed by atoms with Crippen molar-refractivity contribution in [1.82, 2.24) is 0 Å². The van der Waals surface area contributed by atoms with Gasteiger partial charge < -0.3 is 5.11 Å². The van der Waals surface area contributed by atoms with Crippen LogP contribution in [0.1, 0.15) is 33.1 Å². The Balaban J connectivity index is 1.81. The second-order valence-corrected chi connectivity index (χ2v) is 5.65. The molecule has 3 rings (SSSR count). The van der Waals surface area contributed by atoms with E-state index in [2.05, 4.69) is 22.9 Å². The number of aliphatic hydroxyl groups is 1. The Bertz CT molecular complexity index is 267. The van der Waals surface area contributed by atoms with E-state index in [1.807, 2.05) is 0 Å². The standard InChI is InChI=1S/C8H15O5P/c1-6(2)4-3-5-7-8(9)12-14(10,11-7)13-8/h6-7,9H,3-5H2,1-2H3. The minimum atomic E-state index is -3.34. The minimum absolute atomic E-state index is 0.591. The third kappa shape index (κ3) is 1.75. The Morgan fingerprint density at radius 3 is 2.57 bits per heavy atom. The molecule has 0 radical (unpaired) electrons. The zero-order valence-electron chi connectivity index (χ0n) is 8.30. The van der Waals surface area contributed by atoms with E-state index in [4.69, 9.17) is 4.52 Å². The van der Waals surface area contributed by atoms with Crippen LogP contribution in [0.25, 0.3) is 0 Å². The van der Waals surface area contributed by atoms with Gasteiger partial charge in [0.25, 0.3) is 0 Å². The van der Waals surface area contributed by atoms with Crippen molar-refractivity contribution in [2.24, 2.45) is 5.92 Å². The van der Waals surface area contributed by atoms with Gasteiger partial charge in [-0.15, -0.1) is 0 Å². The summed E-state index contributed by atoms with van der Waals surface area (Å²) in [5, 5.41) is 9.51. The number of phosphoric acid groups is 1. The maximum atomic E-state index is 11.2. The normalized spacial score (nSPS) is 45.6. The van der Waals surface area contributed by atoms with Crippen LogP contribution in [0.15, 0.2) is 0 Å². The van der Waals surface area contributed by atoms with Gasteiger partial charge in [0.2, 0.25) is 0 Å². The van der Waals surface area contributed by atoms with Crippen LogP contribution in [0.4, 0.5) is 0 Å². The third-order valence-electron chi connectivity index (χ3n) is 2.40. The lowest BCUT2D eigenvalue weighted by molar-refractivity contribution is -0.324. The van der Waals surface area contributed by atoms with E-state index in [1.165, 1.54) is 0 Å². The molecule has 3 heterocycles. The highest BCUT2D eigenvalue weighted by molar-refractivity contribution is 7.50. The summed E-state index contributed by atoms with van der Waals surface area (Å²) >= 11 is 0. The van der Waals surface area contributed by atoms with Gasteiger partial charge in [0, 0.05) is 0 Å². The zero-order valence-corrected chi connectivity index (χ0v) is 9.20. The molecule has 3 aliphatic heterocycles. The van der Waals surface area contributed by atoms with Crippen LogP contribution in [0.5, 0.6) is 0 Å². The van der Waals surface area contributed by atoms with E-state index >= 15 is 0 Å². The summed E-state index contributed by atoms with van der Waals surface area (Å²) in [4.78, 5) is 0. The highest BCUT2D eigenvalue weighted by atomic mass is 31.2. The summed E-state index contributed by atoms with van der Waals surface area (Å²) in [5.74, 6) is -1.12. The zero-order chi connectivity index (χ0) is 10.4. The third-order valence-corrected chi connectivity index (χ3v) is 3.88. The lowest BCUT2D eigenvalue weighted by Crippen LogP contribution is -2.43. The molecule has 0 aromatic rings. The molecule has 5 nitrogen and oxygen atoms in total. The molecule has 1 atom stereocenters. The molecule has 6 heteroatoms. The maximum absolute atomic E-state index is 11.2. The van der Waals surface area contributed by atoms with Crippen LogP contribution in [-0.2, 0) is 18.1 Å². The van der Waals surface area contributed by atoms with Crippen LogP contribution < -0.4 is 0 Å². The van der Waals surface area contributed by atoms with E-state index in [0.717, 1.165) is 12.8 Å². The topological polar surface area (TPSA) is 65.0 Å². The van der Waals surface area contributed by atoms with Gasteiger partial charge in [-0.3, -0.25) is 4.52 Å². The SMILES string of the molecule is CC(C)CCCC1OP2(=O)OC1(O)O2. The molecule has 14 heavy (non-hydrogen) atoms. The predicted molar refractivity (Wildman–Crippen MR) is 48.3 cm³/mol. The average Bonchev–Trinajstić information content (AvgIpc) is 2.34. The fourth-order valence-electron chi connectivity index (χ4n) is 1.66. The quantitative estimate of drug-likeness (QED) is 0.737. The van der Waals surface area contributed by atoms with Crippen molar-refractivity contribution in [2.45, 2.75) is 45.2 Å². The minimum Gasteiger partial charge on any atom is -0.341 e. The van der Waals surface area contributed by atoms with Crippen LogP contribution in [0.3, 0.4) is 0 Å². The molecular weight excluding hydrogens is 207 g/mol. The molecule has 3 saturated heterocycles. The summed E-state index contributed by atoms with van der Waals surface area (Å²) in [7, 11) is -3.34. The summed E-state index contributed by atoms with van der Waals surface area (Å²) in [6.07, 6.45) is 1.96. The van der Waals surface area contributed by atoms with Crippen molar-refractivity contribution in [2.75, 3.05) is 0 Å². The van der Waals surface area contributed by atoms with Crippen LogP contribution in [0.2, 0.25) is 0 Å². The van der Waals surface area contributed by atoms with E-state index < -0.39 is 19.9 Å². The summed E-state index contributed by atoms with van der Waals surface area (Å²) in [6.45, 7) is 4.25. The number of hydrogen-bond acceptors (Lipinski definition) is 5. The van der Waals surface area contributed by atoms with Crippen molar-refractivity contribution in [1.29, 1.82) is 0 Å². The van der Waals surface area contributed by atoms with Crippen LogP contribution >= 0.6 is 7.82 Å². The fraction of sp³-hybridized carbons (Fsp3) is 1.00. The second-order valence-electron chi connectivity index (χ2n) is 4.18. The average molecular weight is 222 g/mol. The van der Waals surface area contributed by atoms with Crippen LogP contribution in [0, 0.1) is 5.92 Å². The highest BCUT2D eigenvalue weighted by Crippen LogP contribution is 2.73. The first-order valence-electron chi connectivity index (χ1n) is 4.86. The first kappa shape index (κ1) is 10.6.